The second-order valence-corrected chi connectivity index (χ2v) is 6.49. The summed E-state index contributed by atoms with van der Waals surface area (Å²) in [6.07, 6.45) is 0. The molecule has 0 unspecified atom stereocenters. The number of phenolic OH excluding ortho intramolecular Hbond substituents is 1. The molecular formula is C15H13BrN4O2S. The fourth-order valence-electron chi connectivity index (χ4n) is 2.03. The molecule has 0 bridgehead atoms. The third kappa shape index (κ3) is 3.65. The third-order valence-corrected chi connectivity index (χ3v) is 4.60. The Morgan fingerprint density at radius 2 is 2.00 bits per heavy atom. The fourth-order valence-corrected chi connectivity index (χ4v) is 3.30. The molecule has 0 atom stereocenters. The highest BCUT2D eigenvalue weighted by Crippen LogP contribution is 2.30. The molecule has 1 aromatic heterocycles. The van der Waals surface area contributed by atoms with Crippen molar-refractivity contribution >= 4 is 27.7 Å². The first-order valence-corrected chi connectivity index (χ1v) is 8.48. The van der Waals surface area contributed by atoms with Crippen molar-refractivity contribution in [3.63, 3.8) is 0 Å². The van der Waals surface area contributed by atoms with Gasteiger partial charge >= 0.3 is 0 Å². The number of phenols is 1. The lowest BCUT2D eigenvalue weighted by Gasteiger charge is -2.09. The minimum absolute atomic E-state index is 0.204. The number of hydrogen-bond donors (Lipinski definition) is 1. The van der Waals surface area contributed by atoms with Crippen LogP contribution in [-0.2, 0) is 5.75 Å². The van der Waals surface area contributed by atoms with Gasteiger partial charge in [0.05, 0.1) is 12.8 Å². The summed E-state index contributed by atoms with van der Waals surface area (Å²) < 4.78 is 8.00. The van der Waals surface area contributed by atoms with Crippen molar-refractivity contribution in [1.29, 1.82) is 0 Å². The molecule has 0 aliphatic rings. The minimum Gasteiger partial charge on any atom is -0.508 e. The first-order valence-electron chi connectivity index (χ1n) is 6.70. The summed E-state index contributed by atoms with van der Waals surface area (Å²) in [5, 5.41) is 21.8. The number of methoxy groups -OCH3 is 1. The number of tetrazole rings is 1. The maximum Gasteiger partial charge on any atom is 0.214 e. The van der Waals surface area contributed by atoms with E-state index in [2.05, 4.69) is 31.5 Å². The molecule has 3 aromatic rings. The second kappa shape index (κ2) is 7.01. The summed E-state index contributed by atoms with van der Waals surface area (Å²) in [6.45, 7) is 0. The molecule has 1 N–H and O–H groups in total. The number of aromatic nitrogens is 4. The first-order chi connectivity index (χ1) is 11.2. The molecule has 0 saturated heterocycles. The van der Waals surface area contributed by atoms with Crippen LogP contribution in [-0.4, -0.2) is 32.4 Å². The SMILES string of the molecule is COc1ccc(Br)cc1CSc1nnnn1-c1ccc(O)cc1. The Hall–Kier alpha value is -2.06. The van der Waals surface area contributed by atoms with Crippen molar-refractivity contribution in [3.8, 4) is 17.2 Å². The van der Waals surface area contributed by atoms with E-state index >= 15 is 0 Å². The van der Waals surface area contributed by atoms with Crippen LogP contribution in [0.25, 0.3) is 5.69 Å². The third-order valence-electron chi connectivity index (χ3n) is 3.13. The highest BCUT2D eigenvalue weighted by molar-refractivity contribution is 9.10. The summed E-state index contributed by atoms with van der Waals surface area (Å²) in [7, 11) is 1.65. The number of thioether (sulfide) groups is 1. The van der Waals surface area contributed by atoms with E-state index in [1.165, 1.54) is 11.8 Å². The lowest BCUT2D eigenvalue weighted by Crippen LogP contribution is -1.99. The van der Waals surface area contributed by atoms with Gasteiger partial charge in [-0.25, -0.2) is 0 Å². The number of benzene rings is 2. The molecule has 0 spiro atoms. The van der Waals surface area contributed by atoms with E-state index in [1.54, 1.807) is 36.1 Å². The maximum absolute atomic E-state index is 9.37. The van der Waals surface area contributed by atoms with Gasteiger partial charge in [-0.2, -0.15) is 4.68 Å². The van der Waals surface area contributed by atoms with Crippen LogP contribution in [0, 0.1) is 0 Å². The predicted molar refractivity (Wildman–Crippen MR) is 91.1 cm³/mol. The highest BCUT2D eigenvalue weighted by Gasteiger charge is 2.11. The Kier molecular flexibility index (Phi) is 4.82. The summed E-state index contributed by atoms with van der Waals surface area (Å²) in [5.41, 5.74) is 1.84. The van der Waals surface area contributed by atoms with E-state index in [4.69, 9.17) is 4.74 Å². The van der Waals surface area contributed by atoms with Crippen LogP contribution in [0.3, 0.4) is 0 Å². The van der Waals surface area contributed by atoms with Gasteiger partial charge in [-0.15, -0.1) is 5.10 Å². The number of hydrogen-bond acceptors (Lipinski definition) is 6. The Balaban J connectivity index is 1.81. The van der Waals surface area contributed by atoms with E-state index in [0.29, 0.717) is 10.9 Å². The summed E-state index contributed by atoms with van der Waals surface area (Å²) in [4.78, 5) is 0. The van der Waals surface area contributed by atoms with Crippen LogP contribution in [0.1, 0.15) is 5.56 Å². The fraction of sp³-hybridized carbons (Fsp3) is 0.133. The van der Waals surface area contributed by atoms with E-state index in [-0.39, 0.29) is 5.75 Å². The predicted octanol–water partition coefficient (Wildman–Crippen LogP) is 3.43. The zero-order valence-corrected chi connectivity index (χ0v) is 14.6. The number of aromatic hydroxyl groups is 1. The average Bonchev–Trinajstić information content (AvgIpc) is 3.02. The standard InChI is InChI=1S/C15H13BrN4O2S/c1-22-14-7-2-11(16)8-10(14)9-23-15-17-18-19-20(15)12-3-5-13(21)6-4-12/h2-8,21H,9H2,1H3. The number of halogens is 1. The molecule has 23 heavy (non-hydrogen) atoms. The van der Waals surface area contributed by atoms with Crippen molar-refractivity contribution in [3.05, 3.63) is 52.5 Å². The molecule has 118 valence electrons. The van der Waals surface area contributed by atoms with Gasteiger partial charge in [0.25, 0.3) is 0 Å². The molecule has 0 saturated carbocycles. The van der Waals surface area contributed by atoms with Gasteiger partial charge in [-0.1, -0.05) is 27.7 Å². The average molecular weight is 393 g/mol. The normalized spacial score (nSPS) is 10.7. The lowest BCUT2D eigenvalue weighted by molar-refractivity contribution is 0.411. The molecule has 8 heteroatoms. The van der Waals surface area contributed by atoms with Crippen LogP contribution < -0.4 is 4.74 Å². The van der Waals surface area contributed by atoms with Crippen molar-refractivity contribution in [2.45, 2.75) is 10.9 Å². The lowest BCUT2D eigenvalue weighted by atomic mass is 10.2. The molecular weight excluding hydrogens is 380 g/mol. The minimum atomic E-state index is 0.204. The molecule has 0 aliphatic heterocycles. The van der Waals surface area contributed by atoms with Gasteiger partial charge in [0.2, 0.25) is 5.16 Å². The van der Waals surface area contributed by atoms with Gasteiger partial charge in [0, 0.05) is 15.8 Å². The van der Waals surface area contributed by atoms with E-state index in [9.17, 15) is 5.11 Å². The van der Waals surface area contributed by atoms with Gasteiger partial charge in [-0.3, -0.25) is 0 Å². The quantitative estimate of drug-likeness (QED) is 0.670. The van der Waals surface area contributed by atoms with E-state index in [0.717, 1.165) is 21.5 Å². The van der Waals surface area contributed by atoms with E-state index < -0.39 is 0 Å². The maximum atomic E-state index is 9.37. The summed E-state index contributed by atoms with van der Waals surface area (Å²) in [5.74, 6) is 1.69. The van der Waals surface area contributed by atoms with Gasteiger partial charge in [0.15, 0.2) is 0 Å². The Morgan fingerprint density at radius 3 is 2.74 bits per heavy atom. The molecule has 1 heterocycles. The van der Waals surface area contributed by atoms with Crippen molar-refractivity contribution in [1.82, 2.24) is 20.2 Å². The summed E-state index contributed by atoms with van der Waals surface area (Å²) in [6, 6.07) is 12.6. The monoisotopic (exact) mass is 392 g/mol. The Bertz CT molecular complexity index is 807. The Morgan fingerprint density at radius 1 is 1.22 bits per heavy atom. The number of rotatable bonds is 5. The van der Waals surface area contributed by atoms with Gasteiger partial charge < -0.3 is 9.84 Å². The molecule has 0 fully saturated rings. The van der Waals surface area contributed by atoms with Crippen LogP contribution in [0.15, 0.2) is 52.1 Å². The van der Waals surface area contributed by atoms with E-state index in [1.807, 2.05) is 18.2 Å². The van der Waals surface area contributed by atoms with Gasteiger partial charge in [0.1, 0.15) is 11.5 Å². The zero-order valence-electron chi connectivity index (χ0n) is 12.2. The number of ether oxygens (including phenoxy) is 1. The molecule has 3 rings (SSSR count). The van der Waals surface area contributed by atoms with Crippen LogP contribution in [0.5, 0.6) is 11.5 Å². The van der Waals surface area contributed by atoms with Crippen molar-refractivity contribution in [2.24, 2.45) is 0 Å². The number of nitrogens with zero attached hydrogens (tertiary/aromatic N) is 4. The molecule has 0 radical (unpaired) electrons. The molecule has 6 nitrogen and oxygen atoms in total. The smallest absolute Gasteiger partial charge is 0.214 e. The topological polar surface area (TPSA) is 73.1 Å². The zero-order chi connectivity index (χ0) is 16.2. The van der Waals surface area contributed by atoms with Crippen molar-refractivity contribution in [2.75, 3.05) is 7.11 Å². The second-order valence-electron chi connectivity index (χ2n) is 4.63. The molecule has 0 amide bonds. The Labute approximate surface area is 145 Å². The molecule has 2 aromatic carbocycles. The summed E-state index contributed by atoms with van der Waals surface area (Å²) >= 11 is 4.98. The molecule has 0 aliphatic carbocycles. The van der Waals surface area contributed by atoms with Crippen LogP contribution in [0.2, 0.25) is 0 Å². The van der Waals surface area contributed by atoms with Crippen LogP contribution in [0.4, 0.5) is 0 Å². The first kappa shape index (κ1) is 15.8. The highest BCUT2D eigenvalue weighted by atomic mass is 79.9. The van der Waals surface area contributed by atoms with Gasteiger partial charge in [-0.05, 0) is 52.9 Å². The van der Waals surface area contributed by atoms with Crippen LogP contribution >= 0.6 is 27.7 Å². The van der Waals surface area contributed by atoms with Crippen molar-refractivity contribution < 1.29 is 9.84 Å². The largest absolute Gasteiger partial charge is 0.508 e.